The Balaban J connectivity index is 3.53. The molecule has 0 saturated carbocycles. The number of allylic oxidation sites excluding steroid dienone is 2. The molecule has 0 unspecified atom stereocenters. The van der Waals surface area contributed by atoms with Gasteiger partial charge in [-0.2, -0.15) is 0 Å². The molecule has 0 spiro atoms. The number of Topliss-reactive ketones (excluding diaryl/α,β-unsaturated/α-hetero) is 1. The second-order valence-electron chi connectivity index (χ2n) is 4.08. The summed E-state index contributed by atoms with van der Waals surface area (Å²) in [5.41, 5.74) is 0.473. The van der Waals surface area contributed by atoms with Crippen LogP contribution in [0.25, 0.3) is 0 Å². The molecule has 100 valence electrons. The zero-order valence-electron chi connectivity index (χ0n) is 11.0. The first kappa shape index (κ1) is 14.9. The third kappa shape index (κ3) is 2.09. The summed E-state index contributed by atoms with van der Waals surface area (Å²) in [6.45, 7) is 1.35. The van der Waals surface area contributed by atoms with Crippen LogP contribution in [0.15, 0.2) is 22.4 Å². The highest BCUT2D eigenvalue weighted by Gasteiger charge is 2.52. The lowest BCUT2D eigenvalue weighted by atomic mass is 10.0. The Bertz CT molecular complexity index is 447. The van der Waals surface area contributed by atoms with Crippen molar-refractivity contribution in [2.24, 2.45) is 0 Å². The lowest BCUT2D eigenvalue weighted by molar-refractivity contribution is -0.160. The number of ether oxygens (including phenoxy) is 2. The van der Waals surface area contributed by atoms with Crippen LogP contribution in [-0.2, 0) is 19.1 Å². The van der Waals surface area contributed by atoms with Gasteiger partial charge in [-0.05, 0) is 13.0 Å². The Hall–Kier alpha value is -1.17. The molecule has 0 aliphatic heterocycles. The second-order valence-corrected chi connectivity index (χ2v) is 4.46. The van der Waals surface area contributed by atoms with E-state index in [4.69, 9.17) is 21.1 Å². The molecule has 1 aliphatic carbocycles. The normalized spacial score (nSPS) is 20.8. The lowest BCUT2D eigenvalue weighted by Gasteiger charge is -2.33. The summed E-state index contributed by atoms with van der Waals surface area (Å²) < 4.78 is 10.7. The van der Waals surface area contributed by atoms with E-state index in [-0.39, 0.29) is 16.4 Å². The van der Waals surface area contributed by atoms with E-state index < -0.39 is 11.6 Å². The highest BCUT2D eigenvalue weighted by atomic mass is 35.5. The van der Waals surface area contributed by atoms with Gasteiger partial charge in [-0.3, -0.25) is 9.59 Å². The number of hydrogen-bond donors (Lipinski definition) is 0. The third-order valence-electron chi connectivity index (χ3n) is 2.69. The van der Waals surface area contributed by atoms with Gasteiger partial charge in [0, 0.05) is 28.3 Å². The Morgan fingerprint density at radius 2 is 1.83 bits per heavy atom. The van der Waals surface area contributed by atoms with Gasteiger partial charge < -0.3 is 14.4 Å². The molecule has 0 amide bonds. The predicted octanol–water partition coefficient (Wildman–Crippen LogP) is 1.09. The first-order chi connectivity index (χ1) is 8.31. The topological polar surface area (TPSA) is 55.8 Å². The summed E-state index contributed by atoms with van der Waals surface area (Å²) in [6.07, 6.45) is 1.19. The van der Waals surface area contributed by atoms with E-state index in [1.54, 1.807) is 19.0 Å². The Morgan fingerprint density at radius 1 is 1.33 bits per heavy atom. The van der Waals surface area contributed by atoms with Crippen molar-refractivity contribution in [1.82, 2.24) is 4.90 Å². The molecule has 0 aromatic carbocycles. The lowest BCUT2D eigenvalue weighted by Crippen LogP contribution is -2.41. The zero-order chi connectivity index (χ0) is 14.1. The van der Waals surface area contributed by atoms with Gasteiger partial charge in [-0.1, -0.05) is 11.6 Å². The molecule has 0 aromatic rings. The minimum absolute atomic E-state index is 0.00352. The molecule has 1 rings (SSSR count). The van der Waals surface area contributed by atoms with Crippen LogP contribution in [0, 0.1) is 0 Å². The molecule has 0 N–H and O–H groups in total. The monoisotopic (exact) mass is 273 g/mol. The fraction of sp³-hybridized carbons (Fsp3) is 0.500. The largest absolute Gasteiger partial charge is 0.375 e. The van der Waals surface area contributed by atoms with E-state index in [9.17, 15) is 9.59 Å². The maximum atomic E-state index is 12.1. The van der Waals surface area contributed by atoms with Crippen LogP contribution in [0.2, 0.25) is 0 Å². The quantitative estimate of drug-likeness (QED) is 0.567. The molecule has 1 aliphatic rings. The Kier molecular flexibility index (Phi) is 4.32. The van der Waals surface area contributed by atoms with Crippen LogP contribution < -0.4 is 0 Å². The zero-order valence-corrected chi connectivity index (χ0v) is 11.8. The van der Waals surface area contributed by atoms with Gasteiger partial charge in [0.05, 0.1) is 5.57 Å². The third-order valence-corrected chi connectivity index (χ3v) is 3.04. The van der Waals surface area contributed by atoms with Crippen molar-refractivity contribution in [1.29, 1.82) is 0 Å². The molecule has 0 fully saturated rings. The van der Waals surface area contributed by atoms with E-state index in [2.05, 4.69) is 0 Å². The van der Waals surface area contributed by atoms with Crippen LogP contribution in [0.1, 0.15) is 6.92 Å². The summed E-state index contributed by atoms with van der Waals surface area (Å²) in [4.78, 5) is 25.0. The number of nitrogens with zero attached hydrogens (tertiary/aromatic N) is 1. The number of likely N-dealkylation sites (N-methyl/N-ethyl adjacent to an activating group) is 1. The second kappa shape index (κ2) is 5.22. The van der Waals surface area contributed by atoms with Crippen molar-refractivity contribution in [2.75, 3.05) is 28.3 Å². The fourth-order valence-electron chi connectivity index (χ4n) is 2.00. The molecular weight excluding hydrogens is 258 g/mol. The van der Waals surface area contributed by atoms with Gasteiger partial charge in [0.15, 0.2) is 5.78 Å². The average molecular weight is 274 g/mol. The molecule has 0 bridgehead atoms. The summed E-state index contributed by atoms with van der Waals surface area (Å²) in [5.74, 6) is -2.16. The summed E-state index contributed by atoms with van der Waals surface area (Å²) in [6, 6.07) is 0. The van der Waals surface area contributed by atoms with E-state index in [0.29, 0.717) is 5.70 Å². The number of carbonyl (C=O) groups is 2. The molecule has 5 nitrogen and oxygen atoms in total. The molecular formula is C12H16ClNO4. The predicted molar refractivity (Wildman–Crippen MR) is 67.1 cm³/mol. The van der Waals surface area contributed by atoms with Gasteiger partial charge in [-0.25, -0.2) is 0 Å². The van der Waals surface area contributed by atoms with Crippen LogP contribution in [0.4, 0.5) is 0 Å². The number of ketones is 2. The van der Waals surface area contributed by atoms with Crippen LogP contribution in [0.3, 0.4) is 0 Å². The van der Waals surface area contributed by atoms with Gasteiger partial charge in [0.1, 0.15) is 10.7 Å². The molecule has 0 aromatic heterocycles. The van der Waals surface area contributed by atoms with E-state index in [1.807, 2.05) is 0 Å². The molecule has 0 heterocycles. The van der Waals surface area contributed by atoms with Crippen molar-refractivity contribution in [3.8, 4) is 0 Å². The highest BCUT2D eigenvalue weighted by Crippen LogP contribution is 2.43. The Morgan fingerprint density at radius 3 is 2.17 bits per heavy atom. The van der Waals surface area contributed by atoms with Crippen molar-refractivity contribution in [3.63, 3.8) is 0 Å². The average Bonchev–Trinajstić information content (AvgIpc) is 2.50. The minimum atomic E-state index is -1.43. The molecule has 0 radical (unpaired) electrons. The van der Waals surface area contributed by atoms with Crippen molar-refractivity contribution in [2.45, 2.75) is 12.7 Å². The summed E-state index contributed by atoms with van der Waals surface area (Å²) in [7, 11) is 6.22. The minimum Gasteiger partial charge on any atom is -0.375 e. The number of halogens is 1. The van der Waals surface area contributed by atoms with Gasteiger partial charge in [-0.15, -0.1) is 0 Å². The van der Waals surface area contributed by atoms with Crippen molar-refractivity contribution >= 4 is 23.2 Å². The van der Waals surface area contributed by atoms with Gasteiger partial charge in [0.2, 0.25) is 11.6 Å². The summed E-state index contributed by atoms with van der Waals surface area (Å²) in [5, 5.41) is -0.00352. The van der Waals surface area contributed by atoms with Crippen molar-refractivity contribution in [3.05, 3.63) is 22.4 Å². The SMILES string of the molecule is COC1(OC)C(N(C)C)=C(Cl)C(=O)/C1=C\C(C)=O. The van der Waals surface area contributed by atoms with E-state index in [1.165, 1.54) is 27.2 Å². The standard InChI is InChI=1S/C12H16ClNO4/c1-7(15)6-8-10(16)9(13)11(14(2)3)12(8,17-4)18-5/h6H,1-5H3/b8-6+. The Labute approximate surface area is 111 Å². The first-order valence-corrected chi connectivity index (χ1v) is 5.65. The first-order valence-electron chi connectivity index (χ1n) is 5.27. The molecule has 0 saturated heterocycles. The molecule has 18 heavy (non-hydrogen) atoms. The molecule has 0 atom stereocenters. The van der Waals surface area contributed by atoms with Gasteiger partial charge in [0.25, 0.3) is 0 Å². The maximum absolute atomic E-state index is 12.1. The smallest absolute Gasteiger partial charge is 0.242 e. The van der Waals surface area contributed by atoms with Crippen LogP contribution >= 0.6 is 11.6 Å². The number of rotatable bonds is 4. The summed E-state index contributed by atoms with van der Waals surface area (Å²) >= 11 is 6.02. The number of methoxy groups -OCH3 is 2. The fourth-order valence-corrected chi connectivity index (χ4v) is 2.39. The number of hydrogen-bond acceptors (Lipinski definition) is 5. The van der Waals surface area contributed by atoms with Crippen LogP contribution in [-0.4, -0.2) is 50.6 Å². The van der Waals surface area contributed by atoms with E-state index >= 15 is 0 Å². The van der Waals surface area contributed by atoms with E-state index in [0.717, 1.165) is 0 Å². The van der Waals surface area contributed by atoms with Gasteiger partial charge >= 0.3 is 0 Å². The maximum Gasteiger partial charge on any atom is 0.242 e. The van der Waals surface area contributed by atoms with Crippen molar-refractivity contribution < 1.29 is 19.1 Å². The highest BCUT2D eigenvalue weighted by molar-refractivity contribution is 6.47. The molecule has 6 heteroatoms. The number of carbonyl (C=O) groups excluding carboxylic acids is 2. The van der Waals surface area contributed by atoms with Crippen LogP contribution in [0.5, 0.6) is 0 Å².